The lowest BCUT2D eigenvalue weighted by Crippen LogP contribution is -2.04. The number of benzene rings is 1. The predicted octanol–water partition coefficient (Wildman–Crippen LogP) is 2.38. The summed E-state index contributed by atoms with van der Waals surface area (Å²) in [5, 5.41) is 0. The molecule has 5 heteroatoms. The molecule has 0 aliphatic carbocycles. The maximum atomic E-state index is 5.71. The molecular formula is C13H16N2O3. The van der Waals surface area contributed by atoms with E-state index in [-0.39, 0.29) is 6.04 Å². The fourth-order valence-corrected chi connectivity index (χ4v) is 1.62. The molecule has 0 aliphatic heterocycles. The minimum atomic E-state index is -0.223. The molecule has 96 valence electrons. The lowest BCUT2D eigenvalue weighted by atomic mass is 10.1. The highest BCUT2D eigenvalue weighted by Crippen LogP contribution is 2.32. The van der Waals surface area contributed by atoms with Crippen LogP contribution in [0.15, 0.2) is 28.8 Å². The Balaban J connectivity index is 2.38. The fourth-order valence-electron chi connectivity index (χ4n) is 1.62. The zero-order valence-electron chi connectivity index (χ0n) is 10.6. The zero-order chi connectivity index (χ0) is 13.1. The Hall–Kier alpha value is -2.01. The molecule has 1 unspecified atom stereocenters. The number of hydrogen-bond acceptors (Lipinski definition) is 5. The number of methoxy groups -OCH3 is 2. The second-order valence-corrected chi connectivity index (χ2v) is 3.92. The molecule has 18 heavy (non-hydrogen) atoms. The summed E-state index contributed by atoms with van der Waals surface area (Å²) in [6, 6.07) is 5.32. The second kappa shape index (κ2) is 5.10. The lowest BCUT2D eigenvalue weighted by molar-refractivity contribution is 0.355. The first-order valence-electron chi connectivity index (χ1n) is 5.59. The van der Waals surface area contributed by atoms with Gasteiger partial charge in [-0.05, 0) is 25.1 Å². The molecule has 1 atom stereocenters. The average molecular weight is 248 g/mol. The Morgan fingerprint density at radius 2 is 1.94 bits per heavy atom. The van der Waals surface area contributed by atoms with Crippen LogP contribution in [0, 0.1) is 0 Å². The molecule has 0 aliphatic rings. The standard InChI is InChI=1S/C13H16N2O3/c1-8(14)13-15-7-12(18-13)9-4-5-10(16-2)11(6-9)17-3/h4-8H,14H2,1-3H3. The predicted molar refractivity (Wildman–Crippen MR) is 67.6 cm³/mol. The number of oxazole rings is 1. The van der Waals surface area contributed by atoms with Crippen LogP contribution in [0.4, 0.5) is 0 Å². The van der Waals surface area contributed by atoms with Crippen molar-refractivity contribution in [2.75, 3.05) is 14.2 Å². The third-order valence-electron chi connectivity index (χ3n) is 2.58. The maximum Gasteiger partial charge on any atom is 0.211 e. The molecule has 0 saturated carbocycles. The topological polar surface area (TPSA) is 70.5 Å². The number of aromatic nitrogens is 1. The van der Waals surface area contributed by atoms with E-state index >= 15 is 0 Å². The van der Waals surface area contributed by atoms with Gasteiger partial charge in [0.15, 0.2) is 17.3 Å². The van der Waals surface area contributed by atoms with E-state index in [1.54, 1.807) is 20.4 Å². The molecule has 0 saturated heterocycles. The van der Waals surface area contributed by atoms with Gasteiger partial charge in [0, 0.05) is 5.56 Å². The molecule has 0 fully saturated rings. The van der Waals surface area contributed by atoms with Crippen molar-refractivity contribution >= 4 is 0 Å². The number of hydrogen-bond donors (Lipinski definition) is 1. The van der Waals surface area contributed by atoms with Gasteiger partial charge in [0.05, 0.1) is 26.5 Å². The van der Waals surface area contributed by atoms with Crippen LogP contribution in [-0.2, 0) is 0 Å². The van der Waals surface area contributed by atoms with E-state index in [0.717, 1.165) is 5.56 Å². The molecule has 1 heterocycles. The molecule has 0 amide bonds. The van der Waals surface area contributed by atoms with Gasteiger partial charge in [0.2, 0.25) is 5.89 Å². The van der Waals surface area contributed by atoms with E-state index < -0.39 is 0 Å². The van der Waals surface area contributed by atoms with Crippen molar-refractivity contribution in [2.45, 2.75) is 13.0 Å². The van der Waals surface area contributed by atoms with Crippen LogP contribution in [0.1, 0.15) is 18.9 Å². The quantitative estimate of drug-likeness (QED) is 0.899. The molecular weight excluding hydrogens is 232 g/mol. The second-order valence-electron chi connectivity index (χ2n) is 3.92. The first kappa shape index (κ1) is 12.4. The highest BCUT2D eigenvalue weighted by molar-refractivity contribution is 5.62. The van der Waals surface area contributed by atoms with Crippen LogP contribution in [0.3, 0.4) is 0 Å². The van der Waals surface area contributed by atoms with Crippen LogP contribution < -0.4 is 15.2 Å². The molecule has 5 nitrogen and oxygen atoms in total. The summed E-state index contributed by atoms with van der Waals surface area (Å²) in [5.41, 5.74) is 6.57. The fraction of sp³-hybridized carbons (Fsp3) is 0.308. The van der Waals surface area contributed by atoms with Crippen molar-refractivity contribution in [2.24, 2.45) is 5.73 Å². The van der Waals surface area contributed by atoms with E-state index in [1.165, 1.54) is 0 Å². The van der Waals surface area contributed by atoms with Crippen LogP contribution >= 0.6 is 0 Å². The van der Waals surface area contributed by atoms with Gasteiger partial charge in [-0.1, -0.05) is 0 Å². The van der Waals surface area contributed by atoms with E-state index in [0.29, 0.717) is 23.1 Å². The normalized spacial score (nSPS) is 12.2. The van der Waals surface area contributed by atoms with Gasteiger partial charge in [-0.15, -0.1) is 0 Å². The zero-order valence-corrected chi connectivity index (χ0v) is 10.6. The number of rotatable bonds is 4. The van der Waals surface area contributed by atoms with Crippen LogP contribution in [-0.4, -0.2) is 19.2 Å². The van der Waals surface area contributed by atoms with E-state index in [4.69, 9.17) is 19.6 Å². The third-order valence-corrected chi connectivity index (χ3v) is 2.58. The molecule has 2 aromatic rings. The van der Waals surface area contributed by atoms with E-state index in [9.17, 15) is 0 Å². The Labute approximate surface area is 106 Å². The maximum absolute atomic E-state index is 5.71. The average Bonchev–Trinajstić information content (AvgIpc) is 2.87. The Morgan fingerprint density at radius 1 is 1.22 bits per heavy atom. The van der Waals surface area contributed by atoms with Crippen molar-refractivity contribution < 1.29 is 13.9 Å². The van der Waals surface area contributed by atoms with Crippen molar-refractivity contribution in [3.05, 3.63) is 30.3 Å². The lowest BCUT2D eigenvalue weighted by Gasteiger charge is -2.08. The summed E-state index contributed by atoms with van der Waals surface area (Å²) < 4.78 is 16.0. The molecule has 2 rings (SSSR count). The third kappa shape index (κ3) is 2.31. The van der Waals surface area contributed by atoms with Gasteiger partial charge in [-0.25, -0.2) is 4.98 Å². The highest BCUT2D eigenvalue weighted by atomic mass is 16.5. The van der Waals surface area contributed by atoms with Gasteiger partial charge in [-0.3, -0.25) is 0 Å². The number of nitrogens with two attached hydrogens (primary N) is 1. The summed E-state index contributed by atoms with van der Waals surface area (Å²) in [6.07, 6.45) is 1.65. The van der Waals surface area contributed by atoms with Crippen LogP contribution in [0.2, 0.25) is 0 Å². The van der Waals surface area contributed by atoms with Gasteiger partial charge in [0.1, 0.15) is 0 Å². The van der Waals surface area contributed by atoms with Crippen LogP contribution in [0.25, 0.3) is 11.3 Å². The van der Waals surface area contributed by atoms with Crippen molar-refractivity contribution in [1.29, 1.82) is 0 Å². The Bertz CT molecular complexity index is 535. The summed E-state index contributed by atoms with van der Waals surface area (Å²) in [4.78, 5) is 4.13. The van der Waals surface area contributed by atoms with Crippen molar-refractivity contribution in [3.63, 3.8) is 0 Å². The first-order chi connectivity index (χ1) is 8.65. The Morgan fingerprint density at radius 3 is 2.50 bits per heavy atom. The van der Waals surface area contributed by atoms with Gasteiger partial charge >= 0.3 is 0 Å². The monoisotopic (exact) mass is 248 g/mol. The van der Waals surface area contributed by atoms with Gasteiger partial charge in [-0.2, -0.15) is 0 Å². The molecule has 0 spiro atoms. The smallest absolute Gasteiger partial charge is 0.211 e. The first-order valence-corrected chi connectivity index (χ1v) is 5.59. The molecule has 1 aromatic carbocycles. The SMILES string of the molecule is COc1ccc(-c2cnc(C(C)N)o2)cc1OC. The molecule has 0 bridgehead atoms. The highest BCUT2D eigenvalue weighted by Gasteiger charge is 2.12. The van der Waals surface area contributed by atoms with Crippen LogP contribution in [0.5, 0.6) is 11.5 Å². The summed E-state index contributed by atoms with van der Waals surface area (Å²) in [6.45, 7) is 1.82. The number of ether oxygens (including phenoxy) is 2. The van der Waals surface area contributed by atoms with Gasteiger partial charge < -0.3 is 19.6 Å². The van der Waals surface area contributed by atoms with E-state index in [2.05, 4.69) is 4.98 Å². The molecule has 1 aromatic heterocycles. The Kier molecular flexibility index (Phi) is 3.53. The number of nitrogens with zero attached hydrogens (tertiary/aromatic N) is 1. The van der Waals surface area contributed by atoms with E-state index in [1.807, 2.05) is 25.1 Å². The van der Waals surface area contributed by atoms with Crippen molar-refractivity contribution in [3.8, 4) is 22.8 Å². The van der Waals surface area contributed by atoms with Crippen molar-refractivity contribution in [1.82, 2.24) is 4.98 Å². The minimum Gasteiger partial charge on any atom is -0.493 e. The largest absolute Gasteiger partial charge is 0.493 e. The summed E-state index contributed by atoms with van der Waals surface area (Å²) in [5.74, 6) is 2.49. The molecule has 2 N–H and O–H groups in total. The summed E-state index contributed by atoms with van der Waals surface area (Å²) in [7, 11) is 3.19. The minimum absolute atomic E-state index is 0.223. The molecule has 0 radical (unpaired) electrons. The van der Waals surface area contributed by atoms with Gasteiger partial charge in [0.25, 0.3) is 0 Å². The summed E-state index contributed by atoms with van der Waals surface area (Å²) >= 11 is 0.